The van der Waals surface area contributed by atoms with E-state index in [2.05, 4.69) is 0 Å². The van der Waals surface area contributed by atoms with Gasteiger partial charge in [-0.3, -0.25) is 4.79 Å². The van der Waals surface area contributed by atoms with Gasteiger partial charge in [0, 0.05) is 12.6 Å². The first-order valence-corrected chi connectivity index (χ1v) is 3.06. The summed E-state index contributed by atoms with van der Waals surface area (Å²) in [5.74, 6) is -0.281. The smallest absolute Gasteiger partial charge is 0.221 e. The van der Waals surface area contributed by atoms with Crippen LogP contribution in [0.5, 0.6) is 0 Å². The molecule has 2 heteroatoms. The fourth-order valence-corrected chi connectivity index (χ4v) is 0.684. The van der Waals surface area contributed by atoms with Crippen molar-refractivity contribution >= 4 is 11.6 Å². The average molecular weight is 136 g/mol. The molecule has 0 unspecified atom stereocenters. The van der Waals surface area contributed by atoms with Gasteiger partial charge in [0.1, 0.15) is 0 Å². The van der Waals surface area contributed by atoms with Crippen LogP contribution in [0.3, 0.4) is 0 Å². The topological polar surface area (TPSA) is 29.1 Å². The lowest BCUT2D eigenvalue weighted by atomic mass is 10.3. The third-order valence-corrected chi connectivity index (χ3v) is 1.04. The molecular weight excluding hydrogens is 126 g/mol. The molecule has 2 nitrogen and oxygen atoms in total. The Balaban J connectivity index is 2.85. The normalized spacial score (nSPS) is 10.3. The Morgan fingerprint density at radius 3 is 2.60 bits per heavy atom. The van der Waals surface area contributed by atoms with Gasteiger partial charge in [-0.2, -0.15) is 0 Å². The third kappa shape index (κ3) is 1.90. The van der Waals surface area contributed by atoms with Crippen molar-refractivity contribution in [3.8, 4) is 0 Å². The summed E-state index contributed by atoms with van der Waals surface area (Å²) in [6, 6.07) is 8.86. The molecule has 1 rings (SSSR count). The van der Waals surface area contributed by atoms with Gasteiger partial charge in [0.05, 0.1) is 0 Å². The summed E-state index contributed by atoms with van der Waals surface area (Å²) in [6.45, 7) is 1.36. The van der Waals surface area contributed by atoms with Crippen LogP contribution < -0.4 is 5.31 Å². The first-order valence-electron chi connectivity index (χ1n) is 3.51. The summed E-state index contributed by atoms with van der Waals surface area (Å²) in [4.78, 5) is 10.7. The van der Waals surface area contributed by atoms with Crippen LogP contribution in [-0.4, -0.2) is 5.91 Å². The number of hydrogen-bond donors (Lipinski definition) is 1. The first kappa shape index (κ1) is 5.47. The molecule has 0 saturated heterocycles. The number of rotatable bonds is 1. The quantitative estimate of drug-likeness (QED) is 0.624. The van der Waals surface area contributed by atoms with Gasteiger partial charge in [-0.25, -0.2) is 0 Å². The van der Waals surface area contributed by atoms with E-state index in [0.29, 0.717) is 5.69 Å². The Kier molecular flexibility index (Phi) is 1.65. The number of amides is 1. The van der Waals surface area contributed by atoms with E-state index in [9.17, 15) is 4.79 Å². The molecule has 1 N–H and O–H groups in total. The van der Waals surface area contributed by atoms with E-state index >= 15 is 0 Å². The van der Waals surface area contributed by atoms with E-state index < -0.39 is 0 Å². The molecule has 0 spiro atoms. The summed E-state index contributed by atoms with van der Waals surface area (Å²) in [6.07, 6.45) is 0. The predicted octanol–water partition coefficient (Wildman–Crippen LogP) is 1.65. The van der Waals surface area contributed by atoms with Gasteiger partial charge in [-0.1, -0.05) is 18.2 Å². The lowest BCUT2D eigenvalue weighted by Crippen LogP contribution is -2.04. The molecule has 1 amide bonds. The molecule has 0 heterocycles. The summed E-state index contributed by atoms with van der Waals surface area (Å²) in [5.41, 5.74) is 0.597. The molecule has 0 aliphatic heterocycles. The molecule has 52 valence electrons. The van der Waals surface area contributed by atoms with Crippen LogP contribution in [0.2, 0.25) is 1.41 Å². The molecule has 1 aromatic carbocycles. The van der Waals surface area contributed by atoms with Crippen molar-refractivity contribution in [2.24, 2.45) is 0 Å². The molecule has 0 saturated carbocycles. The van der Waals surface area contributed by atoms with Crippen molar-refractivity contribution in [3.63, 3.8) is 0 Å². The van der Waals surface area contributed by atoms with Gasteiger partial charge in [0.25, 0.3) is 0 Å². The van der Waals surface area contributed by atoms with E-state index in [1.165, 1.54) is 6.92 Å². The highest BCUT2D eigenvalue weighted by Gasteiger charge is 1.90. The second-order valence-electron chi connectivity index (χ2n) is 1.97. The van der Waals surface area contributed by atoms with Gasteiger partial charge >= 0.3 is 0 Å². The zero-order chi connectivity index (χ0) is 8.27. The van der Waals surface area contributed by atoms with Crippen molar-refractivity contribution in [2.75, 3.05) is 5.31 Å². The predicted molar refractivity (Wildman–Crippen MR) is 40.7 cm³/mol. The Bertz CT molecular complexity index is 248. The van der Waals surface area contributed by atoms with Crippen molar-refractivity contribution in [1.82, 2.24) is 0 Å². The minimum Gasteiger partial charge on any atom is -0.326 e. The molecule has 0 atom stereocenters. The highest BCUT2D eigenvalue weighted by molar-refractivity contribution is 5.88. The highest BCUT2D eigenvalue weighted by Crippen LogP contribution is 2.03. The third-order valence-electron chi connectivity index (χ3n) is 1.04. The van der Waals surface area contributed by atoms with Gasteiger partial charge in [0.2, 0.25) is 5.91 Å². The van der Waals surface area contributed by atoms with E-state index in [1.807, 2.05) is 6.07 Å². The Morgan fingerprint density at radius 1 is 1.50 bits per heavy atom. The van der Waals surface area contributed by atoms with Crippen LogP contribution >= 0.6 is 0 Å². The Labute approximate surface area is 61.3 Å². The standard InChI is InChI=1S/C8H9NO/c1-7(10)9-8-5-3-2-4-6-8/h2-6H,1H3,(H,9,10)/i/hD. The summed E-state index contributed by atoms with van der Waals surface area (Å²) < 4.78 is 7.25. The van der Waals surface area contributed by atoms with Gasteiger partial charge in [0.15, 0.2) is 1.41 Å². The van der Waals surface area contributed by atoms with E-state index in [1.54, 1.807) is 24.3 Å². The second-order valence-corrected chi connectivity index (χ2v) is 1.97. The number of carbonyl (C=O) groups is 1. The highest BCUT2D eigenvalue weighted by atomic mass is 16.1. The van der Waals surface area contributed by atoms with Gasteiger partial charge in [-0.05, 0) is 12.1 Å². The van der Waals surface area contributed by atoms with Crippen molar-refractivity contribution in [2.45, 2.75) is 6.92 Å². The zero-order valence-corrected chi connectivity index (χ0v) is 5.74. The van der Waals surface area contributed by atoms with E-state index in [0.717, 1.165) is 5.31 Å². The zero-order valence-electron chi connectivity index (χ0n) is 6.74. The molecule has 10 heavy (non-hydrogen) atoms. The number of carbonyl (C=O) groups excluding carboxylic acids is 1. The second kappa shape index (κ2) is 3.01. The van der Waals surface area contributed by atoms with Crippen LogP contribution in [0.25, 0.3) is 0 Å². The lowest BCUT2D eigenvalue weighted by molar-refractivity contribution is -0.114. The molecular formula is C8H9NO. The van der Waals surface area contributed by atoms with Crippen molar-refractivity contribution < 1.29 is 6.21 Å². The van der Waals surface area contributed by atoms with Crippen LogP contribution in [0, 0.1) is 0 Å². The molecule has 0 bridgehead atoms. The monoisotopic (exact) mass is 136 g/mol. The van der Waals surface area contributed by atoms with Crippen LogP contribution in [0.1, 0.15) is 6.92 Å². The van der Waals surface area contributed by atoms with Crippen LogP contribution in [0.4, 0.5) is 5.69 Å². The Morgan fingerprint density at radius 2 is 2.10 bits per heavy atom. The summed E-state index contributed by atoms with van der Waals surface area (Å²) in [5, 5.41) is 0.861. The van der Waals surface area contributed by atoms with Crippen LogP contribution in [0.15, 0.2) is 30.3 Å². The molecule has 0 aromatic heterocycles. The van der Waals surface area contributed by atoms with Crippen LogP contribution in [-0.2, 0) is 4.79 Å². The maximum Gasteiger partial charge on any atom is 0.221 e. The maximum atomic E-state index is 10.7. The lowest BCUT2D eigenvalue weighted by Gasteiger charge is -1.98. The molecule has 1 aromatic rings. The van der Waals surface area contributed by atoms with Crippen molar-refractivity contribution in [3.05, 3.63) is 30.3 Å². The number of anilines is 1. The van der Waals surface area contributed by atoms with E-state index in [-0.39, 0.29) is 5.91 Å². The fraction of sp³-hybridized carbons (Fsp3) is 0.125. The molecule has 0 aliphatic rings. The van der Waals surface area contributed by atoms with Gasteiger partial charge < -0.3 is 5.31 Å². The molecule has 0 fully saturated rings. The maximum absolute atomic E-state index is 10.7. The molecule has 0 aliphatic carbocycles. The number of para-hydroxylation sites is 1. The van der Waals surface area contributed by atoms with Crippen molar-refractivity contribution in [1.29, 1.82) is 0 Å². The number of hydrogen-bond acceptors (Lipinski definition) is 1. The first-order chi connectivity index (χ1) is 5.22. The number of benzene rings is 1. The fourth-order valence-electron chi connectivity index (χ4n) is 0.684. The summed E-state index contributed by atoms with van der Waals surface area (Å²) in [7, 11) is 0. The summed E-state index contributed by atoms with van der Waals surface area (Å²) >= 11 is 0. The Hall–Kier alpha value is -1.31. The SMILES string of the molecule is [2H]N(C(C)=O)c1ccccc1. The average Bonchev–Trinajstić information content (AvgIpc) is 2.05. The minimum absolute atomic E-state index is 0.281. The number of nitrogens with one attached hydrogen (secondary N) is 1. The minimum atomic E-state index is -0.281. The largest absolute Gasteiger partial charge is 0.326 e. The molecule has 0 radical (unpaired) electrons. The van der Waals surface area contributed by atoms with Gasteiger partial charge in [-0.15, -0.1) is 0 Å². The van der Waals surface area contributed by atoms with E-state index in [4.69, 9.17) is 1.41 Å².